The van der Waals surface area contributed by atoms with Crippen molar-refractivity contribution in [2.75, 3.05) is 19.8 Å². The van der Waals surface area contributed by atoms with Crippen molar-refractivity contribution in [2.45, 2.75) is 50.5 Å². The Morgan fingerprint density at radius 2 is 1.87 bits per heavy atom. The highest BCUT2D eigenvalue weighted by molar-refractivity contribution is 7.89. The fourth-order valence-corrected chi connectivity index (χ4v) is 5.94. The second-order valence-electron chi connectivity index (χ2n) is 8.28. The van der Waals surface area contributed by atoms with Crippen molar-refractivity contribution >= 4 is 10.0 Å². The van der Waals surface area contributed by atoms with Gasteiger partial charge in [0.1, 0.15) is 16.9 Å². The highest BCUT2D eigenvalue weighted by Gasteiger charge is 2.37. The molecule has 0 unspecified atom stereocenters. The Labute approximate surface area is 182 Å². The first-order valence-electron chi connectivity index (χ1n) is 10.4. The number of aliphatic hydroxyl groups is 1. The Morgan fingerprint density at radius 1 is 1.16 bits per heavy atom. The van der Waals surface area contributed by atoms with Crippen LogP contribution in [0.2, 0.25) is 0 Å². The number of rotatable bonds is 8. The van der Waals surface area contributed by atoms with Gasteiger partial charge in [-0.1, -0.05) is 30.3 Å². The normalized spacial score (nSPS) is 19.5. The molecule has 5 nitrogen and oxygen atoms in total. The quantitative estimate of drug-likeness (QED) is 0.607. The van der Waals surface area contributed by atoms with Gasteiger partial charge in [0.2, 0.25) is 10.0 Å². The van der Waals surface area contributed by atoms with Crippen LogP contribution in [0.4, 0.5) is 8.78 Å². The number of aliphatic hydroxyl groups excluding tert-OH is 1. The van der Waals surface area contributed by atoms with Gasteiger partial charge in [0.25, 0.3) is 0 Å². The molecule has 0 aromatic heterocycles. The Bertz CT molecular complexity index is 996. The van der Waals surface area contributed by atoms with Crippen LogP contribution in [0.3, 0.4) is 0 Å². The predicted molar refractivity (Wildman–Crippen MR) is 115 cm³/mol. The van der Waals surface area contributed by atoms with Crippen molar-refractivity contribution in [1.29, 1.82) is 0 Å². The number of sulfonamides is 1. The summed E-state index contributed by atoms with van der Waals surface area (Å²) in [5.74, 6) is -1.33. The first-order chi connectivity index (χ1) is 14.7. The van der Waals surface area contributed by atoms with Gasteiger partial charge in [-0.15, -0.1) is 0 Å². The summed E-state index contributed by atoms with van der Waals surface area (Å²) in [6, 6.07) is 11.1. The van der Waals surface area contributed by atoms with Crippen LogP contribution < -0.4 is 0 Å². The Hall–Kier alpha value is -1.87. The number of hydrogen-bond acceptors (Lipinski definition) is 4. The summed E-state index contributed by atoms with van der Waals surface area (Å²) in [5, 5.41) is 8.20. The molecule has 2 aromatic carbocycles. The van der Waals surface area contributed by atoms with E-state index in [1.807, 2.05) is 6.07 Å². The third kappa shape index (κ3) is 5.31. The van der Waals surface area contributed by atoms with E-state index in [2.05, 4.69) is 0 Å². The molecule has 1 fully saturated rings. The Morgan fingerprint density at radius 3 is 2.55 bits per heavy atom. The zero-order chi connectivity index (χ0) is 22.6. The van der Waals surface area contributed by atoms with Gasteiger partial charge in [-0.2, -0.15) is 4.31 Å². The summed E-state index contributed by atoms with van der Waals surface area (Å²) in [5.41, 5.74) is -0.343. The minimum Gasteiger partial charge on any atom is -0.396 e. The first-order valence-corrected chi connectivity index (χ1v) is 11.9. The number of halogens is 2. The second-order valence-corrected chi connectivity index (χ2v) is 10.4. The molecule has 1 saturated heterocycles. The Balaban J connectivity index is 1.83. The maximum absolute atomic E-state index is 14.9. The SMILES string of the molecule is CC(C)(OCCCO)c1cc(F)c(CN2CCC[C@H](c3ccccc3)S2(=O)=O)cc1F. The molecule has 0 amide bonds. The zero-order valence-corrected chi connectivity index (χ0v) is 18.7. The van der Waals surface area contributed by atoms with Gasteiger partial charge in [0.05, 0.1) is 5.60 Å². The maximum Gasteiger partial charge on any atom is 0.221 e. The van der Waals surface area contributed by atoms with Crippen molar-refractivity contribution in [2.24, 2.45) is 0 Å². The van der Waals surface area contributed by atoms with Crippen molar-refractivity contribution in [3.8, 4) is 0 Å². The monoisotopic (exact) mass is 453 g/mol. The van der Waals surface area contributed by atoms with Crippen LogP contribution in [0.1, 0.15) is 55.1 Å². The van der Waals surface area contributed by atoms with Crippen LogP contribution in [-0.2, 0) is 26.9 Å². The van der Waals surface area contributed by atoms with Crippen LogP contribution in [-0.4, -0.2) is 37.6 Å². The van der Waals surface area contributed by atoms with Crippen molar-refractivity contribution in [3.63, 3.8) is 0 Å². The summed E-state index contributed by atoms with van der Waals surface area (Å²) in [7, 11) is -3.70. The predicted octanol–water partition coefficient (Wildman–Crippen LogP) is 4.27. The van der Waals surface area contributed by atoms with Crippen LogP contribution in [0.25, 0.3) is 0 Å². The van der Waals surface area contributed by atoms with Crippen LogP contribution in [0, 0.1) is 11.6 Å². The van der Waals surface area contributed by atoms with E-state index in [0.29, 0.717) is 24.8 Å². The second kappa shape index (κ2) is 9.73. The average Bonchev–Trinajstić information content (AvgIpc) is 2.72. The van der Waals surface area contributed by atoms with Crippen molar-refractivity contribution in [1.82, 2.24) is 4.31 Å². The van der Waals surface area contributed by atoms with Crippen molar-refractivity contribution < 1.29 is 27.0 Å². The van der Waals surface area contributed by atoms with Gasteiger partial charge in [-0.3, -0.25) is 0 Å². The molecule has 0 spiro atoms. The molecule has 1 aliphatic heterocycles. The molecule has 8 heteroatoms. The highest BCUT2D eigenvalue weighted by atomic mass is 32.2. The molecule has 1 aliphatic rings. The molecule has 170 valence electrons. The standard InChI is InChI=1S/C23H29F2NO4S/c1-23(2,30-13-7-12-27)19-15-20(24)18(14-21(19)25)16-26-11-6-10-22(31(26,28)29)17-8-4-3-5-9-17/h3-5,8-9,14-15,22,27H,6-7,10-13,16H2,1-2H3/t22-/m1/s1. The molecule has 1 N–H and O–H groups in total. The maximum atomic E-state index is 14.9. The molecule has 3 rings (SSSR count). The summed E-state index contributed by atoms with van der Waals surface area (Å²) in [4.78, 5) is 0. The average molecular weight is 454 g/mol. The molecule has 0 bridgehead atoms. The molecular weight excluding hydrogens is 424 g/mol. The summed E-state index contributed by atoms with van der Waals surface area (Å²) >= 11 is 0. The van der Waals surface area contributed by atoms with E-state index in [9.17, 15) is 17.2 Å². The van der Waals surface area contributed by atoms with Crippen LogP contribution in [0.5, 0.6) is 0 Å². The Kier molecular flexibility index (Phi) is 7.47. The van der Waals surface area contributed by atoms with E-state index in [1.165, 1.54) is 4.31 Å². The molecular formula is C23H29F2NO4S. The fourth-order valence-electron chi connectivity index (χ4n) is 3.91. The highest BCUT2D eigenvalue weighted by Crippen LogP contribution is 2.36. The molecule has 0 radical (unpaired) electrons. The molecule has 1 heterocycles. The van der Waals surface area contributed by atoms with E-state index >= 15 is 0 Å². The van der Waals surface area contributed by atoms with E-state index in [1.54, 1.807) is 38.1 Å². The fraction of sp³-hybridized carbons (Fsp3) is 0.478. The third-order valence-electron chi connectivity index (χ3n) is 5.66. The molecule has 2 aromatic rings. The van der Waals surface area contributed by atoms with E-state index in [4.69, 9.17) is 9.84 Å². The first kappa shape index (κ1) is 23.8. The topological polar surface area (TPSA) is 66.8 Å². The summed E-state index contributed by atoms with van der Waals surface area (Å²) in [6.07, 6.45) is 1.53. The lowest BCUT2D eigenvalue weighted by atomic mass is 9.95. The van der Waals surface area contributed by atoms with Gasteiger partial charge in [-0.05, 0) is 50.8 Å². The van der Waals surface area contributed by atoms with Gasteiger partial charge in [-0.25, -0.2) is 17.2 Å². The molecule has 0 aliphatic carbocycles. The van der Waals surface area contributed by atoms with Gasteiger partial charge in [0, 0.05) is 37.4 Å². The van der Waals surface area contributed by atoms with Gasteiger partial charge < -0.3 is 9.84 Å². The summed E-state index contributed by atoms with van der Waals surface area (Å²) in [6.45, 7) is 3.45. The lowest BCUT2D eigenvalue weighted by Gasteiger charge is -2.33. The number of ether oxygens (including phenoxy) is 1. The minimum absolute atomic E-state index is 0.00954. The largest absolute Gasteiger partial charge is 0.396 e. The van der Waals surface area contributed by atoms with Crippen LogP contribution in [0.15, 0.2) is 42.5 Å². The smallest absolute Gasteiger partial charge is 0.221 e. The third-order valence-corrected chi connectivity index (χ3v) is 7.92. The molecule has 0 saturated carbocycles. The lowest BCUT2D eigenvalue weighted by molar-refractivity contribution is -0.0293. The van der Waals surface area contributed by atoms with Crippen LogP contribution >= 0.6 is 0 Å². The zero-order valence-electron chi connectivity index (χ0n) is 17.9. The molecule has 1 atom stereocenters. The van der Waals surface area contributed by atoms with Gasteiger partial charge in [0.15, 0.2) is 0 Å². The van der Waals surface area contributed by atoms with E-state index in [0.717, 1.165) is 12.1 Å². The van der Waals surface area contributed by atoms with Gasteiger partial charge >= 0.3 is 0 Å². The number of nitrogens with zero attached hydrogens (tertiary/aromatic N) is 1. The number of benzene rings is 2. The minimum atomic E-state index is -3.70. The number of hydrogen-bond donors (Lipinski definition) is 1. The summed E-state index contributed by atoms with van der Waals surface area (Å²) < 4.78 is 62.9. The van der Waals surface area contributed by atoms with E-state index in [-0.39, 0.29) is 37.4 Å². The lowest BCUT2D eigenvalue weighted by Crippen LogP contribution is -2.39. The van der Waals surface area contributed by atoms with E-state index < -0.39 is 32.5 Å². The molecule has 31 heavy (non-hydrogen) atoms. The van der Waals surface area contributed by atoms with Crippen molar-refractivity contribution in [3.05, 3.63) is 70.8 Å².